The van der Waals surface area contributed by atoms with E-state index in [1.165, 1.54) is 11.8 Å². The number of fused-ring (bicyclic) bond motifs is 1. The molecule has 0 aliphatic carbocycles. The molecule has 2 amide bonds. The van der Waals surface area contributed by atoms with Gasteiger partial charge in [-0.1, -0.05) is 37.7 Å². The van der Waals surface area contributed by atoms with Crippen molar-refractivity contribution in [1.82, 2.24) is 5.32 Å². The first kappa shape index (κ1) is 13.9. The molecule has 2 N–H and O–H groups in total. The number of amides is 2. The second-order valence-corrected chi connectivity index (χ2v) is 6.65. The number of carbonyl (C=O) groups excluding carboxylic acids is 2. The number of para-hydroxylation sites is 1. The minimum absolute atomic E-state index is 0.238. The number of rotatable bonds is 3. The van der Waals surface area contributed by atoms with Gasteiger partial charge in [-0.3, -0.25) is 9.59 Å². The average Bonchev–Trinajstić information content (AvgIpc) is 2.37. The molecule has 1 unspecified atom stereocenters. The standard InChI is InChI=1S/C14H18N2O2S/c1-9(2)8-15-12(17)14(3)13(18)16-10-6-4-5-7-11(10)19-14/h4-7,9H,8H2,1-3H3,(H,15,17)(H,16,18). The highest BCUT2D eigenvalue weighted by Crippen LogP contribution is 2.42. The number of hydrogen-bond donors (Lipinski definition) is 2. The van der Waals surface area contributed by atoms with Gasteiger partial charge in [-0.15, -0.1) is 0 Å². The fourth-order valence-corrected chi connectivity index (χ4v) is 2.91. The normalized spacial score (nSPS) is 21.8. The number of nitrogens with one attached hydrogen (secondary N) is 2. The van der Waals surface area contributed by atoms with E-state index in [9.17, 15) is 9.59 Å². The van der Waals surface area contributed by atoms with Gasteiger partial charge in [0.25, 0.3) is 0 Å². The molecule has 0 saturated carbocycles. The predicted octanol–water partition coefficient (Wildman–Crippen LogP) is 2.26. The summed E-state index contributed by atoms with van der Waals surface area (Å²) < 4.78 is -1.11. The molecule has 1 heterocycles. The van der Waals surface area contributed by atoms with Gasteiger partial charge in [-0.05, 0) is 25.0 Å². The summed E-state index contributed by atoms with van der Waals surface area (Å²) in [4.78, 5) is 25.3. The number of carbonyl (C=O) groups is 2. The summed E-state index contributed by atoms with van der Waals surface area (Å²) in [5, 5.41) is 5.63. The Labute approximate surface area is 117 Å². The van der Waals surface area contributed by atoms with Crippen LogP contribution in [0.15, 0.2) is 29.2 Å². The van der Waals surface area contributed by atoms with Crippen molar-refractivity contribution in [2.45, 2.75) is 30.4 Å². The molecule has 102 valence electrons. The molecule has 1 aromatic carbocycles. The first-order chi connectivity index (χ1) is 8.93. The zero-order chi connectivity index (χ0) is 14.0. The molecule has 0 bridgehead atoms. The molecule has 1 atom stereocenters. The third-order valence-corrected chi connectivity index (χ3v) is 4.34. The van der Waals surface area contributed by atoms with Crippen LogP contribution in [0.2, 0.25) is 0 Å². The van der Waals surface area contributed by atoms with E-state index in [0.29, 0.717) is 12.5 Å². The SMILES string of the molecule is CC(C)CNC(=O)C1(C)Sc2ccccc2NC1=O. The summed E-state index contributed by atoms with van der Waals surface area (Å²) in [6.45, 7) is 6.28. The highest BCUT2D eigenvalue weighted by Gasteiger charge is 2.45. The van der Waals surface area contributed by atoms with Crippen LogP contribution in [0.4, 0.5) is 5.69 Å². The van der Waals surface area contributed by atoms with E-state index >= 15 is 0 Å². The minimum Gasteiger partial charge on any atom is -0.354 e. The summed E-state index contributed by atoms with van der Waals surface area (Å²) in [6.07, 6.45) is 0. The first-order valence-electron chi connectivity index (χ1n) is 6.31. The van der Waals surface area contributed by atoms with Gasteiger partial charge in [0, 0.05) is 11.4 Å². The zero-order valence-corrected chi connectivity index (χ0v) is 12.1. The molecule has 0 fully saturated rings. The minimum atomic E-state index is -1.11. The number of hydrogen-bond acceptors (Lipinski definition) is 3. The Morgan fingerprint density at radius 2 is 2.11 bits per heavy atom. The number of anilines is 1. The molecule has 4 nitrogen and oxygen atoms in total. The van der Waals surface area contributed by atoms with Crippen molar-refractivity contribution in [3.63, 3.8) is 0 Å². The molecule has 0 radical (unpaired) electrons. The first-order valence-corrected chi connectivity index (χ1v) is 7.13. The van der Waals surface area contributed by atoms with E-state index in [1.54, 1.807) is 6.92 Å². The second-order valence-electron chi connectivity index (χ2n) is 5.19. The highest BCUT2D eigenvalue weighted by atomic mass is 32.2. The third-order valence-electron chi connectivity index (χ3n) is 2.99. The van der Waals surface area contributed by atoms with E-state index in [0.717, 1.165) is 10.6 Å². The summed E-state index contributed by atoms with van der Waals surface area (Å²) in [6, 6.07) is 7.51. The van der Waals surface area contributed by atoms with E-state index < -0.39 is 4.75 Å². The quantitative estimate of drug-likeness (QED) is 0.834. The lowest BCUT2D eigenvalue weighted by molar-refractivity contribution is -0.130. The van der Waals surface area contributed by atoms with Crippen LogP contribution in [0.25, 0.3) is 0 Å². The second kappa shape index (κ2) is 5.25. The molecule has 0 aromatic heterocycles. The maximum atomic E-state index is 12.3. The molecule has 2 rings (SSSR count). The lowest BCUT2D eigenvalue weighted by atomic mass is 10.1. The maximum Gasteiger partial charge on any atom is 0.250 e. The lowest BCUT2D eigenvalue weighted by Crippen LogP contribution is -2.52. The monoisotopic (exact) mass is 278 g/mol. The Kier molecular flexibility index (Phi) is 3.85. The van der Waals surface area contributed by atoms with E-state index in [-0.39, 0.29) is 11.8 Å². The number of benzene rings is 1. The smallest absolute Gasteiger partial charge is 0.250 e. The van der Waals surface area contributed by atoms with Gasteiger partial charge < -0.3 is 10.6 Å². The van der Waals surface area contributed by atoms with Crippen LogP contribution < -0.4 is 10.6 Å². The van der Waals surface area contributed by atoms with Crippen LogP contribution in [-0.4, -0.2) is 23.1 Å². The molecule has 0 saturated heterocycles. The van der Waals surface area contributed by atoms with Crippen molar-refractivity contribution in [1.29, 1.82) is 0 Å². The summed E-state index contributed by atoms with van der Waals surface area (Å²) >= 11 is 1.30. The maximum absolute atomic E-state index is 12.3. The highest BCUT2D eigenvalue weighted by molar-refractivity contribution is 8.02. The Morgan fingerprint density at radius 3 is 2.79 bits per heavy atom. The van der Waals surface area contributed by atoms with Crippen molar-refractivity contribution in [3.8, 4) is 0 Å². The lowest BCUT2D eigenvalue weighted by Gasteiger charge is -2.32. The Balaban J connectivity index is 2.20. The van der Waals surface area contributed by atoms with E-state index in [4.69, 9.17) is 0 Å². The molecule has 5 heteroatoms. The largest absolute Gasteiger partial charge is 0.354 e. The average molecular weight is 278 g/mol. The van der Waals surface area contributed by atoms with Crippen molar-refractivity contribution in [2.24, 2.45) is 5.92 Å². The van der Waals surface area contributed by atoms with Crippen LogP contribution in [0.5, 0.6) is 0 Å². The number of thioether (sulfide) groups is 1. The van der Waals surface area contributed by atoms with Gasteiger partial charge in [-0.2, -0.15) is 0 Å². The molecule has 1 aliphatic rings. The van der Waals surface area contributed by atoms with Crippen molar-refractivity contribution in [3.05, 3.63) is 24.3 Å². The van der Waals surface area contributed by atoms with Gasteiger partial charge in [0.05, 0.1) is 5.69 Å². The Bertz CT molecular complexity index is 516. The predicted molar refractivity (Wildman–Crippen MR) is 77.2 cm³/mol. The van der Waals surface area contributed by atoms with E-state index in [2.05, 4.69) is 10.6 Å². The fraction of sp³-hybridized carbons (Fsp3) is 0.429. The van der Waals surface area contributed by atoms with Gasteiger partial charge in [0.1, 0.15) is 0 Å². The van der Waals surface area contributed by atoms with Crippen molar-refractivity contribution in [2.75, 3.05) is 11.9 Å². The van der Waals surface area contributed by atoms with Gasteiger partial charge in [0.2, 0.25) is 11.8 Å². The van der Waals surface area contributed by atoms with Crippen molar-refractivity contribution < 1.29 is 9.59 Å². The van der Waals surface area contributed by atoms with E-state index in [1.807, 2.05) is 38.1 Å². The van der Waals surface area contributed by atoms with Gasteiger partial charge >= 0.3 is 0 Å². The summed E-state index contributed by atoms with van der Waals surface area (Å²) in [5.74, 6) is -0.146. The zero-order valence-electron chi connectivity index (χ0n) is 11.3. The molecule has 19 heavy (non-hydrogen) atoms. The van der Waals surface area contributed by atoms with Crippen LogP contribution in [0.1, 0.15) is 20.8 Å². The molecule has 1 aliphatic heterocycles. The van der Waals surface area contributed by atoms with Gasteiger partial charge in [-0.25, -0.2) is 0 Å². The van der Waals surface area contributed by atoms with Crippen LogP contribution in [0.3, 0.4) is 0 Å². The van der Waals surface area contributed by atoms with Crippen molar-refractivity contribution >= 4 is 29.3 Å². The summed E-state index contributed by atoms with van der Waals surface area (Å²) in [5.41, 5.74) is 0.770. The Morgan fingerprint density at radius 1 is 1.42 bits per heavy atom. The Hall–Kier alpha value is -1.49. The van der Waals surface area contributed by atoms with Crippen LogP contribution in [-0.2, 0) is 9.59 Å². The molecule has 1 aromatic rings. The molecular formula is C14H18N2O2S. The van der Waals surface area contributed by atoms with Crippen LogP contribution >= 0.6 is 11.8 Å². The molecular weight excluding hydrogens is 260 g/mol. The topological polar surface area (TPSA) is 58.2 Å². The molecule has 0 spiro atoms. The van der Waals surface area contributed by atoms with Gasteiger partial charge in [0.15, 0.2) is 4.75 Å². The fourth-order valence-electron chi connectivity index (χ4n) is 1.78. The third kappa shape index (κ3) is 2.76. The van der Waals surface area contributed by atoms with Crippen LogP contribution in [0, 0.1) is 5.92 Å². The summed E-state index contributed by atoms with van der Waals surface area (Å²) in [7, 11) is 0.